The van der Waals surface area contributed by atoms with E-state index in [4.69, 9.17) is 5.73 Å². The summed E-state index contributed by atoms with van der Waals surface area (Å²) in [7, 11) is 1.80. The zero-order valence-corrected chi connectivity index (χ0v) is 10.9. The van der Waals surface area contributed by atoms with E-state index in [1.807, 2.05) is 6.07 Å². The Morgan fingerprint density at radius 2 is 2.17 bits per heavy atom. The third kappa shape index (κ3) is 3.22. The van der Waals surface area contributed by atoms with E-state index in [1.54, 1.807) is 24.2 Å². The number of nitrogen functional groups attached to an aromatic ring is 1. The van der Waals surface area contributed by atoms with E-state index in [9.17, 15) is 4.79 Å². The lowest BCUT2D eigenvalue weighted by Gasteiger charge is -2.18. The number of hydrogen-bond donors (Lipinski definition) is 1. The van der Waals surface area contributed by atoms with Gasteiger partial charge in [-0.15, -0.1) is 0 Å². The number of amides is 1. The first kappa shape index (κ1) is 12.9. The summed E-state index contributed by atoms with van der Waals surface area (Å²) in [5, 5.41) is 0. The first-order valence-corrected chi connectivity index (χ1v) is 6.65. The second kappa shape index (κ2) is 5.85. The summed E-state index contributed by atoms with van der Waals surface area (Å²) < 4.78 is 0. The van der Waals surface area contributed by atoms with Gasteiger partial charge in [0.05, 0.1) is 11.9 Å². The van der Waals surface area contributed by atoms with Crippen LogP contribution in [-0.4, -0.2) is 17.9 Å². The van der Waals surface area contributed by atoms with E-state index in [0.29, 0.717) is 12.2 Å². The number of aromatic nitrogens is 1. The molecular formula is C14H21N3O. The van der Waals surface area contributed by atoms with Crippen molar-refractivity contribution < 1.29 is 4.79 Å². The number of pyridine rings is 1. The summed E-state index contributed by atoms with van der Waals surface area (Å²) in [5.41, 5.74) is 6.34. The Morgan fingerprint density at radius 1 is 1.44 bits per heavy atom. The predicted octanol–water partition coefficient (Wildman–Crippen LogP) is 2.60. The molecule has 1 heterocycles. The third-order valence-electron chi connectivity index (χ3n) is 3.77. The van der Waals surface area contributed by atoms with Crippen LogP contribution in [0.4, 0.5) is 11.5 Å². The van der Waals surface area contributed by atoms with Crippen LogP contribution >= 0.6 is 0 Å². The predicted molar refractivity (Wildman–Crippen MR) is 73.3 cm³/mol. The number of rotatable bonds is 4. The third-order valence-corrected chi connectivity index (χ3v) is 3.77. The molecule has 2 rings (SSSR count). The molecule has 1 aliphatic rings. The van der Waals surface area contributed by atoms with Gasteiger partial charge in [0.15, 0.2) is 0 Å². The Kier molecular flexibility index (Phi) is 4.18. The normalized spacial score (nSPS) is 15.8. The van der Waals surface area contributed by atoms with Crippen LogP contribution in [0.2, 0.25) is 0 Å². The maximum Gasteiger partial charge on any atom is 0.226 e. The van der Waals surface area contributed by atoms with Gasteiger partial charge in [0, 0.05) is 13.5 Å². The van der Waals surface area contributed by atoms with E-state index in [2.05, 4.69) is 4.98 Å². The van der Waals surface area contributed by atoms with E-state index in [-0.39, 0.29) is 5.91 Å². The van der Waals surface area contributed by atoms with Crippen molar-refractivity contribution in [2.24, 2.45) is 5.92 Å². The van der Waals surface area contributed by atoms with Crippen molar-refractivity contribution in [2.75, 3.05) is 17.7 Å². The molecule has 0 saturated heterocycles. The van der Waals surface area contributed by atoms with E-state index >= 15 is 0 Å². The van der Waals surface area contributed by atoms with E-state index in [1.165, 1.54) is 25.7 Å². The summed E-state index contributed by atoms with van der Waals surface area (Å²) in [6, 6.07) is 3.55. The summed E-state index contributed by atoms with van der Waals surface area (Å²) in [5.74, 6) is 1.39. The van der Waals surface area contributed by atoms with Crippen LogP contribution in [0.3, 0.4) is 0 Å². The molecule has 0 bridgehead atoms. The number of carbonyl (C=O) groups is 1. The summed E-state index contributed by atoms with van der Waals surface area (Å²) in [6.07, 6.45) is 8.54. The van der Waals surface area contributed by atoms with Crippen molar-refractivity contribution in [1.82, 2.24) is 4.98 Å². The molecule has 1 saturated carbocycles. The number of hydrogen-bond acceptors (Lipinski definition) is 3. The number of nitrogens with zero attached hydrogens (tertiary/aromatic N) is 2. The van der Waals surface area contributed by atoms with Crippen molar-refractivity contribution in [3.63, 3.8) is 0 Å². The minimum Gasteiger partial charge on any atom is -0.384 e. The number of carbonyl (C=O) groups excluding carboxylic acids is 1. The molecule has 0 radical (unpaired) electrons. The molecular weight excluding hydrogens is 226 g/mol. The fourth-order valence-corrected chi connectivity index (χ4v) is 2.53. The number of nitrogens with two attached hydrogens (primary N) is 1. The van der Waals surface area contributed by atoms with Crippen molar-refractivity contribution in [3.8, 4) is 0 Å². The molecule has 0 unspecified atom stereocenters. The van der Waals surface area contributed by atoms with Crippen LogP contribution in [0.5, 0.6) is 0 Å². The minimum atomic E-state index is 0.161. The molecule has 1 aromatic rings. The van der Waals surface area contributed by atoms with Crippen LogP contribution in [0.15, 0.2) is 18.3 Å². The molecule has 0 atom stereocenters. The fourth-order valence-electron chi connectivity index (χ4n) is 2.53. The van der Waals surface area contributed by atoms with Gasteiger partial charge in [0.2, 0.25) is 5.91 Å². The zero-order valence-electron chi connectivity index (χ0n) is 10.9. The average Bonchev–Trinajstić information content (AvgIpc) is 2.89. The van der Waals surface area contributed by atoms with Crippen molar-refractivity contribution in [1.29, 1.82) is 0 Å². The lowest BCUT2D eigenvalue weighted by molar-refractivity contribution is -0.118. The van der Waals surface area contributed by atoms with Gasteiger partial charge in [-0.3, -0.25) is 4.79 Å². The van der Waals surface area contributed by atoms with Crippen molar-refractivity contribution in [2.45, 2.75) is 38.5 Å². The standard InChI is InChI=1S/C14H21N3O/c1-17(12-7-8-13(15)16-10-12)14(18)9-6-11-4-2-3-5-11/h7-8,10-11H,2-6,9H2,1H3,(H2,15,16). The molecule has 0 spiro atoms. The summed E-state index contributed by atoms with van der Waals surface area (Å²) in [6.45, 7) is 0. The Labute approximate surface area is 108 Å². The maximum absolute atomic E-state index is 12.1. The smallest absolute Gasteiger partial charge is 0.226 e. The van der Waals surface area contributed by atoms with Crippen LogP contribution in [0, 0.1) is 5.92 Å². The molecule has 1 aromatic heterocycles. The Hall–Kier alpha value is -1.58. The molecule has 1 aliphatic carbocycles. The van der Waals surface area contributed by atoms with Crippen molar-refractivity contribution in [3.05, 3.63) is 18.3 Å². The number of anilines is 2. The van der Waals surface area contributed by atoms with Gasteiger partial charge >= 0.3 is 0 Å². The quantitative estimate of drug-likeness (QED) is 0.889. The molecule has 4 heteroatoms. The maximum atomic E-state index is 12.1. The van der Waals surface area contributed by atoms with Gasteiger partial charge in [-0.05, 0) is 24.5 Å². The Morgan fingerprint density at radius 3 is 2.78 bits per heavy atom. The highest BCUT2D eigenvalue weighted by Gasteiger charge is 2.18. The topological polar surface area (TPSA) is 59.2 Å². The summed E-state index contributed by atoms with van der Waals surface area (Å²) >= 11 is 0. The van der Waals surface area contributed by atoms with E-state index < -0.39 is 0 Å². The molecule has 1 amide bonds. The van der Waals surface area contributed by atoms with Gasteiger partial charge < -0.3 is 10.6 Å². The largest absolute Gasteiger partial charge is 0.384 e. The SMILES string of the molecule is CN(C(=O)CCC1CCCC1)c1ccc(N)nc1. The first-order valence-electron chi connectivity index (χ1n) is 6.65. The first-order chi connectivity index (χ1) is 8.66. The monoisotopic (exact) mass is 247 g/mol. The second-order valence-electron chi connectivity index (χ2n) is 5.08. The highest BCUT2D eigenvalue weighted by atomic mass is 16.2. The lowest BCUT2D eigenvalue weighted by atomic mass is 10.0. The van der Waals surface area contributed by atoms with Crippen molar-refractivity contribution >= 4 is 17.4 Å². The minimum absolute atomic E-state index is 0.161. The van der Waals surface area contributed by atoms with Crippen LogP contribution < -0.4 is 10.6 Å². The van der Waals surface area contributed by atoms with Gasteiger partial charge in [-0.2, -0.15) is 0 Å². The highest BCUT2D eigenvalue weighted by molar-refractivity contribution is 5.92. The van der Waals surface area contributed by atoms with Gasteiger partial charge in [0.25, 0.3) is 0 Å². The van der Waals surface area contributed by atoms with Gasteiger partial charge in [-0.1, -0.05) is 25.7 Å². The summed E-state index contributed by atoms with van der Waals surface area (Å²) in [4.78, 5) is 17.7. The molecule has 98 valence electrons. The van der Waals surface area contributed by atoms with E-state index in [0.717, 1.165) is 18.0 Å². The Bertz CT molecular complexity index is 396. The van der Waals surface area contributed by atoms with Gasteiger partial charge in [0.1, 0.15) is 5.82 Å². The average molecular weight is 247 g/mol. The van der Waals surface area contributed by atoms with Crippen LogP contribution in [0.25, 0.3) is 0 Å². The van der Waals surface area contributed by atoms with Gasteiger partial charge in [-0.25, -0.2) is 4.98 Å². The zero-order chi connectivity index (χ0) is 13.0. The highest BCUT2D eigenvalue weighted by Crippen LogP contribution is 2.28. The molecule has 2 N–H and O–H groups in total. The van der Waals surface area contributed by atoms with Crippen LogP contribution in [0.1, 0.15) is 38.5 Å². The molecule has 4 nitrogen and oxygen atoms in total. The molecule has 0 aliphatic heterocycles. The molecule has 1 fully saturated rings. The molecule has 18 heavy (non-hydrogen) atoms. The van der Waals surface area contributed by atoms with Crippen LogP contribution in [-0.2, 0) is 4.79 Å². The fraction of sp³-hybridized carbons (Fsp3) is 0.571. The Balaban J connectivity index is 1.85. The lowest BCUT2D eigenvalue weighted by Crippen LogP contribution is -2.26. The second-order valence-corrected chi connectivity index (χ2v) is 5.08. The molecule has 0 aromatic carbocycles.